The van der Waals surface area contributed by atoms with Crippen molar-refractivity contribution in [2.75, 3.05) is 31.5 Å². The van der Waals surface area contributed by atoms with Crippen LogP contribution in [0.5, 0.6) is 11.5 Å². The summed E-state index contributed by atoms with van der Waals surface area (Å²) in [6.07, 6.45) is -3.88. The van der Waals surface area contributed by atoms with Gasteiger partial charge in [-0.1, -0.05) is 91.0 Å². The molecule has 4 N–H and O–H groups in total. The van der Waals surface area contributed by atoms with Gasteiger partial charge < -0.3 is 39.8 Å². The van der Waals surface area contributed by atoms with E-state index in [4.69, 9.17) is 18.9 Å². The summed E-state index contributed by atoms with van der Waals surface area (Å²) in [5.41, 5.74) is 2.14. The Hall–Kier alpha value is -6.97. The molecule has 2 amide bonds. The molecule has 5 aromatic carbocycles. The lowest BCUT2D eigenvalue weighted by Gasteiger charge is -2.37. The first-order valence-corrected chi connectivity index (χ1v) is 18.8. The number of anilines is 2. The van der Waals surface area contributed by atoms with Crippen LogP contribution >= 0.6 is 0 Å². The van der Waals surface area contributed by atoms with E-state index >= 15 is 0 Å². The molecule has 7 aromatic rings. The number of amides is 2. The van der Waals surface area contributed by atoms with Gasteiger partial charge in [0.1, 0.15) is 35.4 Å². The summed E-state index contributed by atoms with van der Waals surface area (Å²) in [6, 6.07) is 41.9. The molecule has 2 unspecified atom stereocenters. The van der Waals surface area contributed by atoms with Crippen LogP contribution in [0.15, 0.2) is 146 Å². The summed E-state index contributed by atoms with van der Waals surface area (Å²) in [5.74, 6) is -0.160. The van der Waals surface area contributed by atoms with Crippen LogP contribution in [0.4, 0.5) is 11.5 Å². The van der Waals surface area contributed by atoms with Crippen LogP contribution in [0.25, 0.3) is 11.2 Å². The van der Waals surface area contributed by atoms with E-state index in [0.717, 1.165) is 16.7 Å². The molecule has 1 aliphatic heterocycles. The summed E-state index contributed by atoms with van der Waals surface area (Å²) in [4.78, 5) is 40.3. The van der Waals surface area contributed by atoms with Gasteiger partial charge >= 0.3 is 0 Å². The molecule has 0 spiro atoms. The fourth-order valence-corrected chi connectivity index (χ4v) is 7.15. The first kappa shape index (κ1) is 38.9. The number of rotatable bonds is 13. The molecule has 3 heterocycles. The third-order valence-electron chi connectivity index (χ3n) is 10.2. The number of hydrogen-bond donors (Lipinski definition) is 4. The fourth-order valence-electron chi connectivity index (χ4n) is 7.15. The SMILES string of the molecule is COc1ccc(C(OC[C@H]2O[C@@H](n3cnc4c(NC(=O)c5ccccc5)nc(C(=O)Nc5ccccc5)nc43)C(O)C2O)(c2ccccc2)c2ccc(OC)cc2)cc1. The maximum Gasteiger partial charge on any atom is 0.293 e. The quantitative estimate of drug-likeness (QED) is 0.101. The number of benzene rings is 5. The van der Waals surface area contributed by atoms with Crippen LogP contribution in [0.2, 0.25) is 0 Å². The third-order valence-corrected chi connectivity index (χ3v) is 10.2. The van der Waals surface area contributed by atoms with Crippen LogP contribution in [0.3, 0.4) is 0 Å². The van der Waals surface area contributed by atoms with Gasteiger partial charge in [0, 0.05) is 11.3 Å². The lowest BCUT2D eigenvalue weighted by Crippen LogP contribution is -2.39. The first-order valence-electron chi connectivity index (χ1n) is 18.8. The van der Waals surface area contributed by atoms with E-state index in [-0.39, 0.29) is 29.4 Å². The number of aliphatic hydroxyl groups excluding tert-OH is 2. The molecule has 14 heteroatoms. The Morgan fingerprint density at radius 2 is 1.25 bits per heavy atom. The summed E-state index contributed by atoms with van der Waals surface area (Å²) < 4.78 is 25.7. The Bertz CT molecular complexity index is 2490. The zero-order valence-corrected chi connectivity index (χ0v) is 32.0. The molecule has 1 fully saturated rings. The van der Waals surface area contributed by atoms with E-state index in [9.17, 15) is 19.8 Å². The number of imidazole rings is 1. The van der Waals surface area contributed by atoms with Crippen molar-refractivity contribution in [1.82, 2.24) is 19.5 Å². The zero-order chi connectivity index (χ0) is 40.9. The minimum Gasteiger partial charge on any atom is -0.497 e. The van der Waals surface area contributed by atoms with Gasteiger partial charge in [0.2, 0.25) is 5.82 Å². The number of fused-ring (bicyclic) bond motifs is 1. The number of methoxy groups -OCH3 is 2. The number of carbonyl (C=O) groups excluding carboxylic acids is 2. The van der Waals surface area contributed by atoms with Crippen LogP contribution in [0, 0.1) is 0 Å². The molecule has 1 aliphatic rings. The molecular formula is C45H40N6O8. The summed E-state index contributed by atoms with van der Waals surface area (Å²) in [5, 5.41) is 28.7. The van der Waals surface area contributed by atoms with Gasteiger partial charge in [-0.15, -0.1) is 0 Å². The fraction of sp³-hybridized carbons (Fsp3) is 0.178. The molecular weight excluding hydrogens is 753 g/mol. The Labute approximate surface area is 339 Å². The molecule has 0 aliphatic carbocycles. The maximum absolute atomic E-state index is 13.6. The van der Waals surface area contributed by atoms with Crippen molar-refractivity contribution in [3.05, 3.63) is 174 Å². The van der Waals surface area contributed by atoms with Gasteiger partial charge in [0.15, 0.2) is 23.2 Å². The first-order chi connectivity index (χ1) is 28.8. The number of carbonyl (C=O) groups is 2. The molecule has 4 atom stereocenters. The average Bonchev–Trinajstić information content (AvgIpc) is 3.84. The van der Waals surface area contributed by atoms with Crippen molar-refractivity contribution in [2.45, 2.75) is 30.1 Å². The highest BCUT2D eigenvalue weighted by Gasteiger charge is 2.47. The van der Waals surface area contributed by atoms with Crippen LogP contribution < -0.4 is 20.1 Å². The molecule has 59 heavy (non-hydrogen) atoms. The van der Waals surface area contributed by atoms with Gasteiger partial charge in [0.05, 0.1) is 27.2 Å². The predicted molar refractivity (Wildman–Crippen MR) is 218 cm³/mol. The van der Waals surface area contributed by atoms with Crippen molar-refractivity contribution >= 4 is 34.5 Å². The second kappa shape index (κ2) is 16.9. The molecule has 0 saturated carbocycles. The number of para-hydroxylation sites is 1. The molecule has 0 radical (unpaired) electrons. The van der Waals surface area contributed by atoms with Crippen LogP contribution in [-0.2, 0) is 15.1 Å². The molecule has 298 valence electrons. The summed E-state index contributed by atoms with van der Waals surface area (Å²) >= 11 is 0. The molecule has 8 rings (SSSR count). The summed E-state index contributed by atoms with van der Waals surface area (Å²) in [7, 11) is 3.19. The highest BCUT2D eigenvalue weighted by molar-refractivity contribution is 6.08. The van der Waals surface area contributed by atoms with E-state index in [1.807, 2.05) is 84.9 Å². The second-order valence-electron chi connectivity index (χ2n) is 13.7. The largest absolute Gasteiger partial charge is 0.497 e. The van der Waals surface area contributed by atoms with Crippen molar-refractivity contribution in [3.8, 4) is 11.5 Å². The van der Waals surface area contributed by atoms with Crippen molar-refractivity contribution < 1.29 is 38.7 Å². The topological polar surface area (TPSA) is 179 Å². The lowest BCUT2D eigenvalue weighted by molar-refractivity contribution is -0.0942. The van der Waals surface area contributed by atoms with Crippen molar-refractivity contribution in [3.63, 3.8) is 0 Å². The van der Waals surface area contributed by atoms with Gasteiger partial charge in [0.25, 0.3) is 11.8 Å². The highest BCUT2D eigenvalue weighted by atomic mass is 16.6. The molecule has 2 aromatic heterocycles. The smallest absolute Gasteiger partial charge is 0.293 e. The molecule has 14 nitrogen and oxygen atoms in total. The van der Waals surface area contributed by atoms with Crippen LogP contribution in [0.1, 0.15) is 43.9 Å². The monoisotopic (exact) mass is 792 g/mol. The van der Waals surface area contributed by atoms with E-state index in [1.165, 1.54) is 10.9 Å². The minimum atomic E-state index is -1.49. The van der Waals surface area contributed by atoms with E-state index in [2.05, 4.69) is 25.6 Å². The van der Waals surface area contributed by atoms with Crippen molar-refractivity contribution in [2.24, 2.45) is 0 Å². The van der Waals surface area contributed by atoms with E-state index in [1.54, 1.807) is 68.8 Å². The normalized spacial score (nSPS) is 17.7. The third kappa shape index (κ3) is 7.72. The second-order valence-corrected chi connectivity index (χ2v) is 13.7. The van der Waals surface area contributed by atoms with E-state index < -0.39 is 42.0 Å². The maximum atomic E-state index is 13.6. The Morgan fingerprint density at radius 3 is 1.85 bits per heavy atom. The number of aromatic nitrogens is 4. The number of ether oxygens (including phenoxy) is 4. The van der Waals surface area contributed by atoms with Gasteiger partial charge in [-0.25, -0.2) is 15.0 Å². The number of nitrogens with zero attached hydrogens (tertiary/aromatic N) is 4. The predicted octanol–water partition coefficient (Wildman–Crippen LogP) is 5.98. The average molecular weight is 793 g/mol. The zero-order valence-electron chi connectivity index (χ0n) is 32.0. The highest BCUT2D eigenvalue weighted by Crippen LogP contribution is 2.43. The van der Waals surface area contributed by atoms with Gasteiger partial charge in [-0.05, 0) is 65.2 Å². The Balaban J connectivity index is 1.15. The Kier molecular flexibility index (Phi) is 11.1. The van der Waals surface area contributed by atoms with E-state index in [0.29, 0.717) is 22.7 Å². The molecule has 1 saturated heterocycles. The van der Waals surface area contributed by atoms with Gasteiger partial charge in [-0.3, -0.25) is 14.2 Å². The molecule has 0 bridgehead atoms. The minimum absolute atomic E-state index is 0.0413. The number of nitrogens with one attached hydrogen (secondary N) is 2. The summed E-state index contributed by atoms with van der Waals surface area (Å²) in [6.45, 7) is -0.188. The van der Waals surface area contributed by atoms with Crippen LogP contribution in [-0.4, -0.2) is 80.7 Å². The standard InChI is InChI=1S/C45H40N6O8/c1-56-33-22-18-30(19-23-33)45(29-14-8-4-9-15-29,31-20-24-34(57-2)25-21-31)58-26-35-37(52)38(53)44(59-35)51-27-46-36-39(50-42(54)28-12-6-3-7-13-28)48-40(49-41(36)51)43(55)47-32-16-10-5-11-17-32/h3-25,27,35,37-38,44,52-53H,26H2,1-2H3,(H,47,55)(H,48,49,50,54)/t35-,37?,38?,44-/m1/s1. The van der Waals surface area contributed by atoms with Crippen molar-refractivity contribution in [1.29, 1.82) is 0 Å². The lowest BCUT2D eigenvalue weighted by atomic mass is 9.80. The van der Waals surface area contributed by atoms with Gasteiger partial charge in [-0.2, -0.15) is 0 Å². The number of hydrogen-bond acceptors (Lipinski definition) is 11. The number of aliphatic hydroxyl groups is 2. The Morgan fingerprint density at radius 1 is 0.695 bits per heavy atom.